The topological polar surface area (TPSA) is 69.6 Å². The van der Waals surface area contributed by atoms with Gasteiger partial charge in [-0.3, -0.25) is 9.59 Å². The third kappa shape index (κ3) is 4.93. The number of aliphatic hydroxyl groups excluding tert-OH is 1. The van der Waals surface area contributed by atoms with E-state index in [4.69, 9.17) is 0 Å². The summed E-state index contributed by atoms with van der Waals surface area (Å²) in [5.74, 6) is -0.741. The summed E-state index contributed by atoms with van der Waals surface area (Å²) in [6.07, 6.45) is -0.0590. The molecule has 0 spiro atoms. The summed E-state index contributed by atoms with van der Waals surface area (Å²) >= 11 is 3.31. The van der Waals surface area contributed by atoms with Crippen molar-refractivity contribution in [2.24, 2.45) is 0 Å². The Labute approximate surface area is 165 Å². The van der Waals surface area contributed by atoms with Gasteiger partial charge in [-0.15, -0.1) is 0 Å². The molecule has 0 bridgehead atoms. The molecule has 1 fully saturated rings. The van der Waals surface area contributed by atoms with Crippen molar-refractivity contribution in [1.82, 2.24) is 10.2 Å². The summed E-state index contributed by atoms with van der Waals surface area (Å²) in [6.45, 7) is 0.442. The number of likely N-dealkylation sites (tertiary alicyclic amines) is 1. The lowest BCUT2D eigenvalue weighted by molar-refractivity contribution is -0.132. The minimum absolute atomic E-state index is 0.132. The van der Waals surface area contributed by atoms with E-state index in [1.165, 1.54) is 12.1 Å². The van der Waals surface area contributed by atoms with Crippen molar-refractivity contribution < 1.29 is 19.1 Å². The number of nitrogens with one attached hydrogen (secondary N) is 1. The van der Waals surface area contributed by atoms with E-state index in [-0.39, 0.29) is 43.2 Å². The van der Waals surface area contributed by atoms with Crippen LogP contribution >= 0.6 is 15.9 Å². The number of carbonyl (C=O) groups is 2. The van der Waals surface area contributed by atoms with Crippen molar-refractivity contribution in [2.45, 2.75) is 25.0 Å². The van der Waals surface area contributed by atoms with Crippen LogP contribution in [0.5, 0.6) is 0 Å². The molecule has 7 heteroatoms. The monoisotopic (exact) mass is 434 g/mol. The van der Waals surface area contributed by atoms with Crippen molar-refractivity contribution in [2.75, 3.05) is 13.1 Å². The highest BCUT2D eigenvalue weighted by Crippen LogP contribution is 2.32. The number of rotatable bonds is 5. The molecule has 0 saturated carbocycles. The Morgan fingerprint density at radius 3 is 2.48 bits per heavy atom. The normalized spacial score (nSPS) is 19.1. The SMILES string of the molecule is O=C(NCCC(=O)N1C[C@H](O)C[C@@H]1c1ccc(F)cc1)c1ccc(Br)cc1. The van der Waals surface area contributed by atoms with Crippen LogP contribution < -0.4 is 5.32 Å². The number of benzene rings is 2. The third-order valence-corrected chi connectivity index (χ3v) is 5.11. The maximum absolute atomic E-state index is 13.1. The fourth-order valence-corrected chi connectivity index (χ4v) is 3.48. The molecule has 2 N–H and O–H groups in total. The van der Waals surface area contributed by atoms with E-state index in [0.29, 0.717) is 12.0 Å². The fraction of sp³-hybridized carbons (Fsp3) is 0.300. The van der Waals surface area contributed by atoms with Crippen LogP contribution in [0.4, 0.5) is 4.39 Å². The molecule has 2 aromatic rings. The van der Waals surface area contributed by atoms with Gasteiger partial charge < -0.3 is 15.3 Å². The van der Waals surface area contributed by atoms with Gasteiger partial charge in [-0.2, -0.15) is 0 Å². The molecule has 1 aliphatic heterocycles. The first kappa shape index (κ1) is 19.5. The van der Waals surface area contributed by atoms with Gasteiger partial charge in [0, 0.05) is 29.5 Å². The first-order valence-electron chi connectivity index (χ1n) is 8.71. The summed E-state index contributed by atoms with van der Waals surface area (Å²) in [6, 6.07) is 12.6. The van der Waals surface area contributed by atoms with Gasteiger partial charge in [-0.1, -0.05) is 28.1 Å². The number of aliphatic hydroxyl groups is 1. The second-order valence-electron chi connectivity index (χ2n) is 6.52. The molecule has 142 valence electrons. The summed E-state index contributed by atoms with van der Waals surface area (Å²) < 4.78 is 14.0. The second kappa shape index (κ2) is 8.63. The third-order valence-electron chi connectivity index (χ3n) is 4.58. The molecule has 0 aromatic heterocycles. The smallest absolute Gasteiger partial charge is 0.251 e. The first-order chi connectivity index (χ1) is 12.9. The Kier molecular flexibility index (Phi) is 6.23. The maximum atomic E-state index is 13.1. The fourth-order valence-electron chi connectivity index (χ4n) is 3.22. The van der Waals surface area contributed by atoms with E-state index < -0.39 is 6.10 Å². The summed E-state index contributed by atoms with van der Waals surface area (Å²) in [5, 5.41) is 12.7. The van der Waals surface area contributed by atoms with Crippen LogP contribution in [0.1, 0.15) is 34.8 Å². The van der Waals surface area contributed by atoms with Crippen LogP contribution in [0.2, 0.25) is 0 Å². The standard InChI is InChI=1S/C20H20BrFN2O3/c21-15-5-1-14(2-6-15)20(27)23-10-9-19(26)24-12-17(25)11-18(24)13-3-7-16(22)8-4-13/h1-8,17-18,25H,9-12H2,(H,23,27)/t17-,18-/m1/s1. The Morgan fingerprint density at radius 2 is 1.81 bits per heavy atom. The minimum Gasteiger partial charge on any atom is -0.391 e. The molecule has 27 heavy (non-hydrogen) atoms. The maximum Gasteiger partial charge on any atom is 0.251 e. The van der Waals surface area contributed by atoms with Crippen LogP contribution in [0.15, 0.2) is 53.0 Å². The number of halogens is 2. The Balaban J connectivity index is 1.56. The van der Waals surface area contributed by atoms with E-state index in [1.807, 2.05) is 0 Å². The predicted octanol–water partition coefficient (Wildman–Crippen LogP) is 3.04. The highest BCUT2D eigenvalue weighted by Gasteiger charge is 2.34. The van der Waals surface area contributed by atoms with Gasteiger partial charge in [-0.05, 0) is 48.4 Å². The lowest BCUT2D eigenvalue weighted by atomic mass is 10.0. The molecular weight excluding hydrogens is 415 g/mol. The van der Waals surface area contributed by atoms with Crippen LogP contribution in [0.3, 0.4) is 0 Å². The Hall–Kier alpha value is -2.25. The Morgan fingerprint density at radius 1 is 1.15 bits per heavy atom. The average Bonchev–Trinajstić information content (AvgIpc) is 3.04. The lowest BCUT2D eigenvalue weighted by Crippen LogP contribution is -2.35. The highest BCUT2D eigenvalue weighted by molar-refractivity contribution is 9.10. The van der Waals surface area contributed by atoms with Crippen molar-refractivity contribution in [3.63, 3.8) is 0 Å². The van der Waals surface area contributed by atoms with Gasteiger partial charge in [0.05, 0.1) is 12.1 Å². The summed E-state index contributed by atoms with van der Waals surface area (Å²) in [4.78, 5) is 26.3. The van der Waals surface area contributed by atoms with Crippen LogP contribution in [0.25, 0.3) is 0 Å². The van der Waals surface area contributed by atoms with E-state index >= 15 is 0 Å². The number of amides is 2. The summed E-state index contributed by atoms with van der Waals surface area (Å²) in [5.41, 5.74) is 1.31. The van der Waals surface area contributed by atoms with Crippen molar-refractivity contribution in [1.29, 1.82) is 0 Å². The zero-order valence-corrected chi connectivity index (χ0v) is 16.2. The van der Waals surface area contributed by atoms with Gasteiger partial charge in [0.1, 0.15) is 5.82 Å². The molecule has 0 unspecified atom stereocenters. The van der Waals surface area contributed by atoms with Crippen LogP contribution in [-0.4, -0.2) is 41.0 Å². The number of nitrogens with zero attached hydrogens (tertiary/aromatic N) is 1. The Bertz CT molecular complexity index is 811. The van der Waals surface area contributed by atoms with Gasteiger partial charge in [-0.25, -0.2) is 4.39 Å². The first-order valence-corrected chi connectivity index (χ1v) is 9.50. The molecule has 0 radical (unpaired) electrons. The van der Waals surface area contributed by atoms with Crippen molar-refractivity contribution >= 4 is 27.7 Å². The minimum atomic E-state index is -0.610. The lowest BCUT2D eigenvalue weighted by Gasteiger charge is -2.25. The predicted molar refractivity (Wildman–Crippen MR) is 103 cm³/mol. The largest absolute Gasteiger partial charge is 0.391 e. The second-order valence-corrected chi connectivity index (χ2v) is 7.43. The number of carbonyl (C=O) groups excluding carboxylic acids is 2. The van der Waals surface area contributed by atoms with E-state index in [1.54, 1.807) is 41.3 Å². The zero-order chi connectivity index (χ0) is 19.4. The van der Waals surface area contributed by atoms with E-state index in [0.717, 1.165) is 10.0 Å². The number of hydrogen-bond acceptors (Lipinski definition) is 3. The molecule has 2 aromatic carbocycles. The van der Waals surface area contributed by atoms with E-state index in [2.05, 4.69) is 21.2 Å². The van der Waals surface area contributed by atoms with Crippen molar-refractivity contribution in [3.8, 4) is 0 Å². The summed E-state index contributed by atoms with van der Waals surface area (Å²) in [7, 11) is 0. The molecule has 1 saturated heterocycles. The molecule has 1 aliphatic rings. The average molecular weight is 435 g/mol. The zero-order valence-electron chi connectivity index (χ0n) is 14.6. The van der Waals surface area contributed by atoms with Gasteiger partial charge in [0.25, 0.3) is 5.91 Å². The number of hydrogen-bond donors (Lipinski definition) is 2. The van der Waals surface area contributed by atoms with Gasteiger partial charge >= 0.3 is 0 Å². The molecule has 0 aliphatic carbocycles. The van der Waals surface area contributed by atoms with Gasteiger partial charge in [0.2, 0.25) is 5.91 Å². The van der Waals surface area contributed by atoms with Crippen LogP contribution in [0, 0.1) is 5.82 Å². The highest BCUT2D eigenvalue weighted by atomic mass is 79.9. The molecule has 1 heterocycles. The molecule has 2 amide bonds. The van der Waals surface area contributed by atoms with Gasteiger partial charge in [0.15, 0.2) is 0 Å². The molecular formula is C20H20BrFN2O3. The van der Waals surface area contributed by atoms with Crippen LogP contribution in [-0.2, 0) is 4.79 Å². The number of β-amino-alcohol motifs (C(OH)–C–C–N with tert-alkyl or cyclic N) is 1. The quantitative estimate of drug-likeness (QED) is 0.759. The van der Waals surface area contributed by atoms with E-state index in [9.17, 15) is 19.1 Å². The van der Waals surface area contributed by atoms with Crippen molar-refractivity contribution in [3.05, 3.63) is 69.9 Å². The molecule has 5 nitrogen and oxygen atoms in total. The molecule has 3 rings (SSSR count). The molecule has 2 atom stereocenters.